The number of halogens is 1. The van der Waals surface area contributed by atoms with Gasteiger partial charge in [-0.2, -0.15) is 0 Å². The SMILES string of the molecule is CN(C)C(=O)c1cc(NC(=O)C2(O)CCCC2)ccc1Cl. The first-order valence-corrected chi connectivity index (χ1v) is 7.26. The van der Waals surface area contributed by atoms with E-state index in [0.717, 1.165) is 12.8 Å². The Morgan fingerprint density at radius 3 is 2.48 bits per heavy atom. The van der Waals surface area contributed by atoms with Crippen molar-refractivity contribution >= 4 is 29.1 Å². The standard InChI is InChI=1S/C15H19ClN2O3/c1-18(2)13(19)11-9-10(5-6-12(11)16)17-14(20)15(21)7-3-4-8-15/h5-6,9,21H,3-4,7-8H2,1-2H3,(H,17,20). The number of benzene rings is 1. The maximum Gasteiger partial charge on any atom is 0.256 e. The fourth-order valence-corrected chi connectivity index (χ4v) is 2.64. The van der Waals surface area contributed by atoms with Crippen LogP contribution in [0.1, 0.15) is 36.0 Å². The second kappa shape index (κ2) is 6.03. The van der Waals surface area contributed by atoms with Gasteiger partial charge in [0, 0.05) is 19.8 Å². The van der Waals surface area contributed by atoms with Crippen LogP contribution in [0.15, 0.2) is 18.2 Å². The van der Waals surface area contributed by atoms with E-state index in [9.17, 15) is 14.7 Å². The van der Waals surface area contributed by atoms with Gasteiger partial charge in [0.05, 0.1) is 10.6 Å². The molecule has 1 aromatic rings. The van der Waals surface area contributed by atoms with Gasteiger partial charge in [0.1, 0.15) is 5.60 Å². The van der Waals surface area contributed by atoms with Crippen LogP contribution in [0.2, 0.25) is 5.02 Å². The summed E-state index contributed by atoms with van der Waals surface area (Å²) in [7, 11) is 3.26. The third-order valence-corrected chi connectivity index (χ3v) is 4.04. The largest absolute Gasteiger partial charge is 0.380 e. The van der Waals surface area contributed by atoms with Crippen LogP contribution < -0.4 is 5.32 Å². The maximum absolute atomic E-state index is 12.1. The number of hydrogen-bond donors (Lipinski definition) is 2. The van der Waals surface area contributed by atoms with Crippen molar-refractivity contribution in [1.82, 2.24) is 4.90 Å². The third kappa shape index (κ3) is 3.36. The second-order valence-corrected chi connectivity index (χ2v) is 5.99. The van der Waals surface area contributed by atoms with E-state index in [1.165, 1.54) is 11.0 Å². The molecule has 0 unspecified atom stereocenters. The quantitative estimate of drug-likeness (QED) is 0.900. The number of aliphatic hydroxyl groups is 1. The van der Waals surface area contributed by atoms with E-state index in [1.54, 1.807) is 26.2 Å². The van der Waals surface area contributed by atoms with Crippen LogP contribution in [-0.2, 0) is 4.79 Å². The molecule has 2 rings (SSSR count). The smallest absolute Gasteiger partial charge is 0.256 e. The molecule has 6 heteroatoms. The molecule has 21 heavy (non-hydrogen) atoms. The van der Waals surface area contributed by atoms with Crippen LogP contribution in [0.5, 0.6) is 0 Å². The average Bonchev–Trinajstić information content (AvgIpc) is 2.88. The van der Waals surface area contributed by atoms with Crippen LogP contribution in [-0.4, -0.2) is 41.5 Å². The zero-order valence-corrected chi connectivity index (χ0v) is 12.9. The number of rotatable bonds is 3. The molecule has 1 aliphatic rings. The Balaban J connectivity index is 2.19. The van der Waals surface area contributed by atoms with Crippen molar-refractivity contribution in [2.45, 2.75) is 31.3 Å². The number of nitrogens with zero attached hydrogens (tertiary/aromatic N) is 1. The highest BCUT2D eigenvalue weighted by Crippen LogP contribution is 2.31. The number of anilines is 1. The lowest BCUT2D eigenvalue weighted by molar-refractivity contribution is -0.133. The molecule has 0 aromatic heterocycles. The van der Waals surface area contributed by atoms with Crippen molar-refractivity contribution in [3.63, 3.8) is 0 Å². The fourth-order valence-electron chi connectivity index (χ4n) is 2.44. The summed E-state index contributed by atoms with van der Waals surface area (Å²) in [5.74, 6) is -0.666. The van der Waals surface area contributed by atoms with Crippen molar-refractivity contribution in [3.05, 3.63) is 28.8 Å². The molecule has 1 aliphatic carbocycles. The molecule has 0 bridgehead atoms. The summed E-state index contributed by atoms with van der Waals surface area (Å²) >= 11 is 6.02. The molecule has 1 fully saturated rings. The van der Waals surface area contributed by atoms with Crippen LogP contribution in [0, 0.1) is 0 Å². The summed E-state index contributed by atoms with van der Waals surface area (Å²) in [5, 5.41) is 13.2. The Morgan fingerprint density at radius 1 is 1.29 bits per heavy atom. The highest BCUT2D eigenvalue weighted by atomic mass is 35.5. The van der Waals surface area contributed by atoms with Gasteiger partial charge in [0.15, 0.2) is 0 Å². The third-order valence-electron chi connectivity index (χ3n) is 3.71. The molecule has 0 atom stereocenters. The van der Waals surface area contributed by atoms with E-state index >= 15 is 0 Å². The number of amides is 2. The molecular weight excluding hydrogens is 292 g/mol. The second-order valence-electron chi connectivity index (χ2n) is 5.59. The Morgan fingerprint density at radius 2 is 1.90 bits per heavy atom. The van der Waals surface area contributed by atoms with E-state index in [1.807, 2.05) is 0 Å². The monoisotopic (exact) mass is 310 g/mol. The molecule has 2 amide bonds. The molecule has 114 valence electrons. The lowest BCUT2D eigenvalue weighted by Gasteiger charge is -2.21. The maximum atomic E-state index is 12.1. The van der Waals surface area contributed by atoms with Gasteiger partial charge in [-0.1, -0.05) is 11.6 Å². The van der Waals surface area contributed by atoms with Crippen LogP contribution in [0.3, 0.4) is 0 Å². The molecule has 0 radical (unpaired) electrons. The molecular formula is C15H19ClN2O3. The highest BCUT2D eigenvalue weighted by molar-refractivity contribution is 6.34. The zero-order chi connectivity index (χ0) is 15.6. The summed E-state index contributed by atoms with van der Waals surface area (Å²) < 4.78 is 0. The van der Waals surface area contributed by atoms with Crippen LogP contribution >= 0.6 is 11.6 Å². The van der Waals surface area contributed by atoms with Gasteiger partial charge in [0.2, 0.25) is 0 Å². The molecule has 5 nitrogen and oxygen atoms in total. The topological polar surface area (TPSA) is 69.6 Å². The predicted octanol–water partition coefficient (Wildman–Crippen LogP) is 2.29. The molecule has 1 saturated carbocycles. The lowest BCUT2D eigenvalue weighted by atomic mass is 10.0. The van der Waals surface area contributed by atoms with Crippen molar-refractivity contribution in [3.8, 4) is 0 Å². The minimum atomic E-state index is -1.30. The van der Waals surface area contributed by atoms with Gasteiger partial charge >= 0.3 is 0 Å². The normalized spacial score (nSPS) is 16.6. The van der Waals surface area contributed by atoms with Crippen molar-refractivity contribution in [2.24, 2.45) is 0 Å². The zero-order valence-electron chi connectivity index (χ0n) is 12.1. The minimum Gasteiger partial charge on any atom is -0.380 e. The van der Waals surface area contributed by atoms with Crippen LogP contribution in [0.25, 0.3) is 0 Å². The van der Waals surface area contributed by atoms with E-state index in [2.05, 4.69) is 5.32 Å². The average molecular weight is 311 g/mol. The molecule has 0 heterocycles. The highest BCUT2D eigenvalue weighted by Gasteiger charge is 2.38. The molecule has 1 aromatic carbocycles. The minimum absolute atomic E-state index is 0.240. The van der Waals surface area contributed by atoms with Crippen molar-refractivity contribution < 1.29 is 14.7 Å². The Kier molecular flexibility index (Phi) is 4.54. The first kappa shape index (κ1) is 15.8. The van der Waals surface area contributed by atoms with Gasteiger partial charge < -0.3 is 15.3 Å². The molecule has 0 spiro atoms. The number of hydrogen-bond acceptors (Lipinski definition) is 3. The summed E-state index contributed by atoms with van der Waals surface area (Å²) in [4.78, 5) is 25.6. The van der Waals surface area contributed by atoms with E-state index in [4.69, 9.17) is 11.6 Å². The first-order valence-electron chi connectivity index (χ1n) is 6.88. The van der Waals surface area contributed by atoms with E-state index in [-0.39, 0.29) is 5.91 Å². The first-order chi connectivity index (χ1) is 9.83. The predicted molar refractivity (Wildman–Crippen MR) is 81.5 cm³/mol. The van der Waals surface area contributed by atoms with Gasteiger partial charge in [-0.25, -0.2) is 0 Å². The number of nitrogens with one attached hydrogen (secondary N) is 1. The fraction of sp³-hybridized carbons (Fsp3) is 0.467. The summed E-state index contributed by atoms with van der Waals surface area (Å²) in [6.07, 6.45) is 2.62. The molecule has 0 aliphatic heterocycles. The summed E-state index contributed by atoms with van der Waals surface area (Å²) in [5.41, 5.74) is -0.529. The molecule has 0 saturated heterocycles. The number of carbonyl (C=O) groups is 2. The summed E-state index contributed by atoms with van der Waals surface area (Å²) in [6.45, 7) is 0. The number of carbonyl (C=O) groups excluding carboxylic acids is 2. The Hall–Kier alpha value is -1.59. The van der Waals surface area contributed by atoms with Gasteiger partial charge in [0.25, 0.3) is 11.8 Å². The van der Waals surface area contributed by atoms with Crippen molar-refractivity contribution in [2.75, 3.05) is 19.4 Å². The van der Waals surface area contributed by atoms with E-state index in [0.29, 0.717) is 29.1 Å². The molecule has 2 N–H and O–H groups in total. The summed E-state index contributed by atoms with van der Waals surface area (Å²) in [6, 6.07) is 4.71. The Labute approximate surface area is 128 Å². The Bertz CT molecular complexity index is 566. The van der Waals surface area contributed by atoms with Gasteiger partial charge in [-0.3, -0.25) is 9.59 Å². The van der Waals surface area contributed by atoms with Crippen molar-refractivity contribution in [1.29, 1.82) is 0 Å². The lowest BCUT2D eigenvalue weighted by Crippen LogP contribution is -2.40. The van der Waals surface area contributed by atoms with Gasteiger partial charge in [-0.15, -0.1) is 0 Å². The van der Waals surface area contributed by atoms with Crippen LogP contribution in [0.4, 0.5) is 5.69 Å². The van der Waals surface area contributed by atoms with E-state index < -0.39 is 11.5 Å². The van der Waals surface area contributed by atoms with Gasteiger partial charge in [-0.05, 0) is 43.9 Å².